The van der Waals surface area contributed by atoms with Gasteiger partial charge in [0.05, 0.1) is 6.61 Å². The summed E-state index contributed by atoms with van der Waals surface area (Å²) in [5, 5.41) is 0. The molecule has 0 unspecified atom stereocenters. The third-order valence-corrected chi connectivity index (χ3v) is 3.82. The maximum atomic E-state index is 11.8. The minimum absolute atomic E-state index is 0.126. The zero-order valence-electron chi connectivity index (χ0n) is 11.9. The molecule has 0 aliphatic carbocycles. The second-order valence-corrected chi connectivity index (χ2v) is 6.33. The molecule has 0 amide bonds. The molecule has 0 saturated heterocycles. The molecule has 0 saturated carbocycles. The Morgan fingerprint density at radius 3 is 2.21 bits per heavy atom. The Hall–Kier alpha value is -1.29. The zero-order chi connectivity index (χ0) is 14.5. The van der Waals surface area contributed by atoms with Gasteiger partial charge in [-0.3, -0.25) is 9.59 Å². The van der Waals surface area contributed by atoms with E-state index in [0.717, 1.165) is 4.90 Å². The fourth-order valence-electron chi connectivity index (χ4n) is 1.55. The fourth-order valence-corrected chi connectivity index (χ4v) is 2.56. The first-order chi connectivity index (χ1) is 8.90. The summed E-state index contributed by atoms with van der Waals surface area (Å²) < 4.78 is 4.41. The number of carbonyl (C=O) groups excluding carboxylic acids is 2. The second-order valence-electron chi connectivity index (χ2n) is 4.63. The van der Waals surface area contributed by atoms with Crippen LogP contribution in [0.25, 0.3) is 0 Å². The van der Waals surface area contributed by atoms with Crippen LogP contribution in [0.1, 0.15) is 44.5 Å². The zero-order valence-corrected chi connectivity index (χ0v) is 12.7. The number of benzene rings is 1. The maximum absolute atomic E-state index is 11.8. The minimum atomic E-state index is -0.633. The number of thioether (sulfide) groups is 1. The molecule has 0 atom stereocenters. The van der Waals surface area contributed by atoms with Gasteiger partial charge in [-0.15, -0.1) is 11.8 Å². The van der Waals surface area contributed by atoms with Crippen LogP contribution >= 0.6 is 11.8 Å². The van der Waals surface area contributed by atoms with Crippen LogP contribution in [0, 0.1) is 0 Å². The van der Waals surface area contributed by atoms with Crippen molar-refractivity contribution in [2.45, 2.75) is 43.8 Å². The van der Waals surface area contributed by atoms with Gasteiger partial charge >= 0.3 is 5.97 Å². The second kappa shape index (κ2) is 6.75. The van der Waals surface area contributed by atoms with Gasteiger partial charge in [-0.1, -0.05) is 19.1 Å². The molecule has 0 heterocycles. The average Bonchev–Trinajstić information content (AvgIpc) is 2.38. The van der Waals surface area contributed by atoms with E-state index in [1.165, 1.54) is 11.8 Å². The van der Waals surface area contributed by atoms with E-state index in [1.54, 1.807) is 19.1 Å². The van der Waals surface area contributed by atoms with E-state index in [-0.39, 0.29) is 11.8 Å². The predicted octanol–water partition coefficient (Wildman–Crippen LogP) is 3.71. The summed E-state index contributed by atoms with van der Waals surface area (Å²) in [4.78, 5) is 24.3. The van der Waals surface area contributed by atoms with Crippen LogP contribution in [-0.4, -0.2) is 23.1 Å². The molecule has 0 fully saturated rings. The van der Waals surface area contributed by atoms with E-state index < -0.39 is 4.75 Å². The number of ether oxygens (including phenoxy) is 1. The van der Waals surface area contributed by atoms with Crippen molar-refractivity contribution < 1.29 is 14.3 Å². The number of hydrogen-bond acceptors (Lipinski definition) is 4. The van der Waals surface area contributed by atoms with Gasteiger partial charge in [0.2, 0.25) is 0 Å². The first kappa shape index (κ1) is 15.8. The van der Waals surface area contributed by atoms with Gasteiger partial charge in [0.25, 0.3) is 0 Å². The highest BCUT2D eigenvalue weighted by Crippen LogP contribution is 2.33. The lowest BCUT2D eigenvalue weighted by Crippen LogP contribution is -2.29. The topological polar surface area (TPSA) is 43.4 Å². The first-order valence-electron chi connectivity index (χ1n) is 6.40. The number of rotatable bonds is 6. The highest BCUT2D eigenvalue weighted by atomic mass is 32.2. The van der Waals surface area contributed by atoms with Gasteiger partial charge in [-0.05, 0) is 32.9 Å². The summed E-state index contributed by atoms with van der Waals surface area (Å²) in [6.45, 7) is 7.69. The summed E-state index contributed by atoms with van der Waals surface area (Å²) in [6, 6.07) is 7.34. The monoisotopic (exact) mass is 280 g/mol. The van der Waals surface area contributed by atoms with Crippen LogP contribution in [0.15, 0.2) is 29.2 Å². The van der Waals surface area contributed by atoms with Crippen molar-refractivity contribution in [3.8, 4) is 0 Å². The Morgan fingerprint density at radius 2 is 1.74 bits per heavy atom. The summed E-state index contributed by atoms with van der Waals surface area (Å²) in [6.07, 6.45) is 0.501. The maximum Gasteiger partial charge on any atom is 0.321 e. The Labute approximate surface area is 118 Å². The van der Waals surface area contributed by atoms with Crippen molar-refractivity contribution in [2.24, 2.45) is 0 Å². The smallest absolute Gasteiger partial charge is 0.321 e. The predicted molar refractivity (Wildman–Crippen MR) is 77.6 cm³/mol. The summed E-state index contributed by atoms with van der Waals surface area (Å²) >= 11 is 1.44. The number of ketones is 1. The van der Waals surface area contributed by atoms with E-state index in [0.29, 0.717) is 18.6 Å². The molecule has 0 aromatic heterocycles. The standard InChI is InChI=1S/C15H20O3S/c1-5-13(16)11-7-9-12(10-8-11)19-15(3,4)14(17)18-6-2/h7-10H,5-6H2,1-4H3. The third kappa shape index (κ3) is 4.39. The number of Topliss-reactive ketones (excluding diaryl/α,β-unsaturated/α-hetero) is 1. The fraction of sp³-hybridized carbons (Fsp3) is 0.467. The Morgan fingerprint density at radius 1 is 1.16 bits per heavy atom. The number of hydrogen-bond donors (Lipinski definition) is 0. The lowest BCUT2D eigenvalue weighted by Gasteiger charge is -2.21. The Kier molecular flexibility index (Phi) is 5.60. The molecule has 104 valence electrons. The minimum Gasteiger partial charge on any atom is -0.465 e. The van der Waals surface area contributed by atoms with E-state index in [4.69, 9.17) is 4.74 Å². The number of carbonyl (C=O) groups is 2. The van der Waals surface area contributed by atoms with Crippen molar-refractivity contribution in [3.05, 3.63) is 29.8 Å². The lowest BCUT2D eigenvalue weighted by atomic mass is 10.1. The first-order valence-corrected chi connectivity index (χ1v) is 7.21. The largest absolute Gasteiger partial charge is 0.465 e. The quantitative estimate of drug-likeness (QED) is 0.452. The van der Waals surface area contributed by atoms with Gasteiger partial charge in [-0.25, -0.2) is 0 Å². The van der Waals surface area contributed by atoms with E-state index >= 15 is 0 Å². The van der Waals surface area contributed by atoms with E-state index in [9.17, 15) is 9.59 Å². The van der Waals surface area contributed by atoms with E-state index in [2.05, 4.69) is 0 Å². The molecule has 0 radical (unpaired) electrons. The van der Waals surface area contributed by atoms with Crippen LogP contribution in [0.4, 0.5) is 0 Å². The van der Waals surface area contributed by atoms with Crippen LogP contribution in [0.5, 0.6) is 0 Å². The highest BCUT2D eigenvalue weighted by molar-refractivity contribution is 8.01. The molecule has 1 aromatic carbocycles. The molecular formula is C15H20O3S. The van der Waals surface area contributed by atoms with Gasteiger partial charge < -0.3 is 4.74 Å². The molecule has 0 aliphatic rings. The summed E-state index contributed by atoms with van der Waals surface area (Å²) in [7, 11) is 0. The van der Waals surface area contributed by atoms with Gasteiger partial charge in [0.1, 0.15) is 4.75 Å². The van der Waals surface area contributed by atoms with Crippen LogP contribution < -0.4 is 0 Å². The van der Waals surface area contributed by atoms with Gasteiger partial charge in [0.15, 0.2) is 5.78 Å². The van der Waals surface area contributed by atoms with Crippen LogP contribution in [0.2, 0.25) is 0 Å². The van der Waals surface area contributed by atoms with Crippen molar-refractivity contribution >= 4 is 23.5 Å². The van der Waals surface area contributed by atoms with E-state index in [1.807, 2.05) is 32.9 Å². The molecule has 0 N–H and O–H groups in total. The molecule has 1 aromatic rings. The highest BCUT2D eigenvalue weighted by Gasteiger charge is 2.30. The van der Waals surface area contributed by atoms with Crippen molar-refractivity contribution in [3.63, 3.8) is 0 Å². The average molecular weight is 280 g/mol. The molecule has 0 aliphatic heterocycles. The normalized spacial score (nSPS) is 11.2. The SMILES string of the molecule is CCOC(=O)C(C)(C)Sc1ccc(C(=O)CC)cc1. The summed E-state index contributed by atoms with van der Waals surface area (Å²) in [5.74, 6) is -0.102. The van der Waals surface area contributed by atoms with Crippen LogP contribution in [-0.2, 0) is 9.53 Å². The van der Waals surface area contributed by atoms with Gasteiger partial charge in [-0.2, -0.15) is 0 Å². The van der Waals surface area contributed by atoms with Crippen molar-refractivity contribution in [1.29, 1.82) is 0 Å². The lowest BCUT2D eigenvalue weighted by molar-refractivity contribution is -0.145. The third-order valence-electron chi connectivity index (χ3n) is 2.64. The Balaban J connectivity index is 2.77. The molecule has 0 spiro atoms. The number of esters is 1. The summed E-state index contributed by atoms with van der Waals surface area (Å²) in [5.41, 5.74) is 0.709. The Bertz CT molecular complexity index is 449. The van der Waals surface area contributed by atoms with Crippen molar-refractivity contribution in [1.82, 2.24) is 0 Å². The molecule has 0 bridgehead atoms. The van der Waals surface area contributed by atoms with Gasteiger partial charge in [0, 0.05) is 16.9 Å². The molecule has 19 heavy (non-hydrogen) atoms. The van der Waals surface area contributed by atoms with Crippen LogP contribution in [0.3, 0.4) is 0 Å². The molecular weight excluding hydrogens is 260 g/mol. The molecule has 4 heteroatoms. The van der Waals surface area contributed by atoms with Crippen molar-refractivity contribution in [2.75, 3.05) is 6.61 Å². The molecule has 3 nitrogen and oxygen atoms in total. The molecule has 1 rings (SSSR count).